The Morgan fingerprint density at radius 3 is 2.65 bits per heavy atom. The molecule has 2 heterocycles. The number of rotatable bonds is 5. The lowest BCUT2D eigenvalue weighted by atomic mass is 9.99. The van der Waals surface area contributed by atoms with Gasteiger partial charge in [0.1, 0.15) is 0 Å². The average molecular weight is 306 g/mol. The van der Waals surface area contributed by atoms with Crippen LogP contribution < -0.4 is 5.32 Å². The molecule has 2 saturated heterocycles. The minimum absolute atomic E-state index is 0. The van der Waals surface area contributed by atoms with E-state index < -0.39 is 0 Å². The van der Waals surface area contributed by atoms with Crippen LogP contribution in [0.2, 0.25) is 0 Å². The number of hydrogen-bond donors (Lipinski definition) is 1. The summed E-state index contributed by atoms with van der Waals surface area (Å²) in [7, 11) is 1.64. The van der Waals surface area contributed by atoms with Crippen LogP contribution >= 0.6 is 12.4 Å². The molecule has 0 aromatic heterocycles. The predicted octanol–water partition coefficient (Wildman–Crippen LogP) is 0.589. The van der Waals surface area contributed by atoms with Crippen LogP contribution in [0.4, 0.5) is 0 Å². The lowest BCUT2D eigenvalue weighted by Crippen LogP contribution is -2.51. The van der Waals surface area contributed by atoms with Crippen molar-refractivity contribution in [1.82, 2.24) is 15.1 Å². The zero-order valence-corrected chi connectivity index (χ0v) is 13.3. The summed E-state index contributed by atoms with van der Waals surface area (Å²) in [6, 6.07) is 0. The van der Waals surface area contributed by atoms with Gasteiger partial charge in [-0.15, -0.1) is 12.4 Å². The number of hydrogen-bond acceptors (Lipinski definition) is 4. The van der Waals surface area contributed by atoms with E-state index in [9.17, 15) is 4.79 Å². The Balaban J connectivity index is 0.00000200. The highest BCUT2D eigenvalue weighted by Crippen LogP contribution is 2.13. The summed E-state index contributed by atoms with van der Waals surface area (Å²) in [6.07, 6.45) is 3.17. The maximum absolute atomic E-state index is 11.9. The molecule has 2 rings (SSSR count). The number of amides is 1. The molecule has 1 atom stereocenters. The quantitative estimate of drug-likeness (QED) is 0.807. The second-order valence-electron chi connectivity index (χ2n) is 5.64. The van der Waals surface area contributed by atoms with Crippen LogP contribution in [0.25, 0.3) is 0 Å². The number of halogens is 1. The van der Waals surface area contributed by atoms with E-state index in [1.165, 1.54) is 25.9 Å². The van der Waals surface area contributed by atoms with E-state index in [1.807, 2.05) is 4.90 Å². The van der Waals surface area contributed by atoms with E-state index in [2.05, 4.69) is 10.2 Å². The van der Waals surface area contributed by atoms with E-state index >= 15 is 0 Å². The van der Waals surface area contributed by atoms with Crippen molar-refractivity contribution in [3.8, 4) is 0 Å². The summed E-state index contributed by atoms with van der Waals surface area (Å²) in [4.78, 5) is 16.4. The fourth-order valence-corrected chi connectivity index (χ4v) is 2.97. The standard InChI is InChI=1S/C14H27N3O2.ClH/c1-19-10-4-14(18)17-8-6-16(7-9-17)12-13-3-2-5-15-11-13;/h13,15H,2-12H2,1H3;1H. The lowest BCUT2D eigenvalue weighted by Gasteiger charge is -2.37. The molecule has 0 aromatic carbocycles. The van der Waals surface area contributed by atoms with Crippen LogP contribution in [0, 0.1) is 5.92 Å². The predicted molar refractivity (Wildman–Crippen MR) is 82.4 cm³/mol. The van der Waals surface area contributed by atoms with Crippen molar-refractivity contribution >= 4 is 18.3 Å². The second kappa shape index (κ2) is 9.55. The van der Waals surface area contributed by atoms with E-state index in [4.69, 9.17) is 4.74 Å². The van der Waals surface area contributed by atoms with Gasteiger partial charge in [0.15, 0.2) is 0 Å². The Kier molecular flexibility index (Phi) is 8.45. The third kappa shape index (κ3) is 5.56. The molecule has 5 nitrogen and oxygen atoms in total. The average Bonchev–Trinajstić information content (AvgIpc) is 2.46. The molecule has 1 N–H and O–H groups in total. The fraction of sp³-hybridized carbons (Fsp3) is 0.929. The molecule has 1 unspecified atom stereocenters. The van der Waals surface area contributed by atoms with Gasteiger partial charge < -0.3 is 15.0 Å². The highest BCUT2D eigenvalue weighted by molar-refractivity contribution is 5.85. The Morgan fingerprint density at radius 1 is 1.30 bits per heavy atom. The first-order chi connectivity index (χ1) is 9.29. The van der Waals surface area contributed by atoms with E-state index in [-0.39, 0.29) is 18.3 Å². The van der Waals surface area contributed by atoms with Crippen molar-refractivity contribution < 1.29 is 9.53 Å². The molecular formula is C14H28ClN3O2. The van der Waals surface area contributed by atoms with Gasteiger partial charge in [0, 0.05) is 39.8 Å². The van der Waals surface area contributed by atoms with Crippen LogP contribution in [-0.2, 0) is 9.53 Å². The highest BCUT2D eigenvalue weighted by Gasteiger charge is 2.23. The van der Waals surface area contributed by atoms with Gasteiger partial charge in [0.05, 0.1) is 13.0 Å². The number of piperazine rings is 1. The molecule has 6 heteroatoms. The van der Waals surface area contributed by atoms with Crippen molar-refractivity contribution in [3.63, 3.8) is 0 Å². The summed E-state index contributed by atoms with van der Waals surface area (Å²) >= 11 is 0. The largest absolute Gasteiger partial charge is 0.384 e. The van der Waals surface area contributed by atoms with Crippen molar-refractivity contribution in [2.24, 2.45) is 5.92 Å². The zero-order chi connectivity index (χ0) is 13.5. The molecular weight excluding hydrogens is 278 g/mol. The molecule has 0 radical (unpaired) electrons. The summed E-state index contributed by atoms with van der Waals surface area (Å²) in [6.45, 7) is 7.86. The molecule has 0 spiro atoms. The maximum atomic E-state index is 11.9. The smallest absolute Gasteiger partial charge is 0.224 e. The Morgan fingerprint density at radius 2 is 2.05 bits per heavy atom. The number of nitrogens with zero attached hydrogens (tertiary/aromatic N) is 2. The number of nitrogens with one attached hydrogen (secondary N) is 1. The third-order valence-electron chi connectivity index (χ3n) is 4.16. The Hall–Kier alpha value is -0.360. The van der Waals surface area contributed by atoms with Crippen molar-refractivity contribution in [1.29, 1.82) is 0 Å². The van der Waals surface area contributed by atoms with E-state index in [0.29, 0.717) is 13.0 Å². The second-order valence-corrected chi connectivity index (χ2v) is 5.64. The summed E-state index contributed by atoms with van der Waals surface area (Å²) < 4.78 is 4.96. The number of ether oxygens (including phenoxy) is 1. The normalized spacial score (nSPS) is 24.2. The van der Waals surface area contributed by atoms with E-state index in [1.54, 1.807) is 7.11 Å². The molecule has 0 saturated carbocycles. The monoisotopic (exact) mass is 305 g/mol. The van der Waals surface area contributed by atoms with Crippen molar-refractivity contribution in [2.45, 2.75) is 19.3 Å². The highest BCUT2D eigenvalue weighted by atomic mass is 35.5. The van der Waals surface area contributed by atoms with Gasteiger partial charge in [-0.2, -0.15) is 0 Å². The van der Waals surface area contributed by atoms with Crippen LogP contribution in [0.15, 0.2) is 0 Å². The number of methoxy groups -OCH3 is 1. The summed E-state index contributed by atoms with van der Waals surface area (Å²) in [5, 5.41) is 3.47. The first-order valence-corrected chi connectivity index (χ1v) is 7.49. The van der Waals surface area contributed by atoms with E-state index in [0.717, 1.165) is 38.6 Å². The van der Waals surface area contributed by atoms with Crippen molar-refractivity contribution in [3.05, 3.63) is 0 Å². The summed E-state index contributed by atoms with van der Waals surface area (Å²) in [5.41, 5.74) is 0. The van der Waals surface area contributed by atoms with Crippen LogP contribution in [0.3, 0.4) is 0 Å². The van der Waals surface area contributed by atoms with Crippen molar-refractivity contribution in [2.75, 3.05) is 59.5 Å². The topological polar surface area (TPSA) is 44.8 Å². The zero-order valence-electron chi connectivity index (χ0n) is 12.5. The molecule has 2 aliphatic heterocycles. The van der Waals surface area contributed by atoms with Gasteiger partial charge in [-0.1, -0.05) is 0 Å². The molecule has 1 amide bonds. The van der Waals surface area contributed by atoms with Gasteiger partial charge in [-0.25, -0.2) is 0 Å². The van der Waals surface area contributed by atoms with Gasteiger partial charge in [-0.05, 0) is 31.8 Å². The fourth-order valence-electron chi connectivity index (χ4n) is 2.97. The van der Waals surface area contributed by atoms with Gasteiger partial charge in [0.25, 0.3) is 0 Å². The molecule has 0 aromatic rings. The van der Waals surface area contributed by atoms with Gasteiger partial charge >= 0.3 is 0 Å². The molecule has 118 valence electrons. The number of piperidine rings is 1. The minimum Gasteiger partial charge on any atom is -0.384 e. The number of carbonyl (C=O) groups is 1. The third-order valence-corrected chi connectivity index (χ3v) is 4.16. The molecule has 20 heavy (non-hydrogen) atoms. The molecule has 2 fully saturated rings. The van der Waals surface area contributed by atoms with Crippen LogP contribution in [0.1, 0.15) is 19.3 Å². The first kappa shape index (κ1) is 17.7. The maximum Gasteiger partial charge on any atom is 0.224 e. The molecule has 2 aliphatic rings. The number of carbonyl (C=O) groups excluding carboxylic acids is 1. The Bertz CT molecular complexity index is 278. The molecule has 0 bridgehead atoms. The van der Waals surface area contributed by atoms with Gasteiger partial charge in [0.2, 0.25) is 5.91 Å². The minimum atomic E-state index is 0. The SMILES string of the molecule is COCCC(=O)N1CCN(CC2CCCNC2)CC1.Cl. The summed E-state index contributed by atoms with van der Waals surface area (Å²) in [5.74, 6) is 1.03. The Labute approximate surface area is 128 Å². The lowest BCUT2D eigenvalue weighted by molar-refractivity contribution is -0.133. The van der Waals surface area contributed by atoms with Gasteiger partial charge in [-0.3, -0.25) is 9.69 Å². The molecule has 0 aliphatic carbocycles. The van der Waals surface area contributed by atoms with Crippen LogP contribution in [-0.4, -0.2) is 75.2 Å². The van der Waals surface area contributed by atoms with Crippen LogP contribution in [0.5, 0.6) is 0 Å². The first-order valence-electron chi connectivity index (χ1n) is 7.49.